The van der Waals surface area contributed by atoms with Crippen LogP contribution in [0.15, 0.2) is 59.8 Å². The van der Waals surface area contributed by atoms with Crippen molar-refractivity contribution < 1.29 is 19.4 Å². The number of rotatable bonds is 13. The summed E-state index contributed by atoms with van der Waals surface area (Å²) in [5.41, 5.74) is 2.29. The van der Waals surface area contributed by atoms with Crippen LogP contribution in [0.4, 0.5) is 0 Å². The molecule has 4 nitrogen and oxygen atoms in total. The highest BCUT2D eigenvalue weighted by atomic mass is 16.5. The van der Waals surface area contributed by atoms with Crippen molar-refractivity contribution in [2.45, 2.75) is 84.8 Å². The zero-order valence-electron chi connectivity index (χ0n) is 19.0. The molecule has 4 heteroatoms. The molecule has 0 saturated heterocycles. The maximum Gasteiger partial charge on any atom is 0.331 e. The van der Waals surface area contributed by atoms with E-state index in [1.54, 1.807) is 0 Å². The van der Waals surface area contributed by atoms with Crippen LogP contribution in [0.5, 0.6) is 0 Å². The first kappa shape index (κ1) is 25.8. The molecule has 0 aromatic heterocycles. The maximum absolute atomic E-state index is 11.9. The van der Waals surface area contributed by atoms with E-state index >= 15 is 0 Å². The zero-order valence-corrected chi connectivity index (χ0v) is 19.0. The van der Waals surface area contributed by atoms with Crippen molar-refractivity contribution in [3.05, 3.63) is 59.8 Å². The lowest BCUT2D eigenvalue weighted by atomic mass is 10.0. The summed E-state index contributed by atoms with van der Waals surface area (Å²) < 4.78 is 5.26. The summed E-state index contributed by atoms with van der Waals surface area (Å²) in [6, 6.07) is 0. The fourth-order valence-corrected chi connectivity index (χ4v) is 3.20. The molecule has 0 aromatic carbocycles. The van der Waals surface area contributed by atoms with Crippen LogP contribution in [-0.4, -0.2) is 29.1 Å². The van der Waals surface area contributed by atoms with E-state index in [-0.39, 0.29) is 24.3 Å². The number of hydrogen-bond acceptors (Lipinski definition) is 4. The second-order valence-electron chi connectivity index (χ2n) is 8.02. The zero-order chi connectivity index (χ0) is 22.4. The normalized spacial score (nSPS) is 20.0. The Morgan fingerprint density at radius 2 is 2.10 bits per heavy atom. The van der Waals surface area contributed by atoms with E-state index in [1.165, 1.54) is 11.6 Å². The topological polar surface area (TPSA) is 63.6 Å². The summed E-state index contributed by atoms with van der Waals surface area (Å²) in [5, 5.41) is 9.71. The van der Waals surface area contributed by atoms with Crippen LogP contribution in [0.2, 0.25) is 0 Å². The van der Waals surface area contributed by atoms with Gasteiger partial charge in [-0.25, -0.2) is 4.79 Å². The fraction of sp³-hybridized carbons (Fsp3) is 0.538. The van der Waals surface area contributed by atoms with Gasteiger partial charge in [0.1, 0.15) is 11.9 Å². The molecule has 2 unspecified atom stereocenters. The highest BCUT2D eigenvalue weighted by Crippen LogP contribution is 2.16. The van der Waals surface area contributed by atoms with Gasteiger partial charge in [-0.15, -0.1) is 0 Å². The Bertz CT molecular complexity index is 694. The lowest BCUT2D eigenvalue weighted by Gasteiger charge is -2.15. The highest BCUT2D eigenvalue weighted by Gasteiger charge is 2.12. The van der Waals surface area contributed by atoms with Crippen molar-refractivity contribution in [1.29, 1.82) is 0 Å². The summed E-state index contributed by atoms with van der Waals surface area (Å²) in [6.45, 7) is 8.29. The number of carbonyl (C=O) groups excluding carboxylic acids is 2. The predicted octanol–water partition coefficient (Wildman–Crippen LogP) is 5.79. The molecule has 0 radical (unpaired) electrons. The van der Waals surface area contributed by atoms with Gasteiger partial charge in [-0.3, -0.25) is 4.79 Å². The number of Topliss-reactive ketones (excluding diaryl/α,β-unsaturated/α-hetero) is 1. The first-order valence-corrected chi connectivity index (χ1v) is 11.1. The summed E-state index contributed by atoms with van der Waals surface area (Å²) in [4.78, 5) is 23.2. The van der Waals surface area contributed by atoms with Crippen LogP contribution in [0.1, 0.15) is 72.6 Å². The first-order valence-electron chi connectivity index (χ1n) is 11.1. The molecule has 1 N–H and O–H groups in total. The highest BCUT2D eigenvalue weighted by molar-refractivity contribution is 5.83. The minimum atomic E-state index is -0.511. The van der Waals surface area contributed by atoms with Crippen LogP contribution in [-0.2, 0) is 14.3 Å². The van der Waals surface area contributed by atoms with Crippen LogP contribution < -0.4 is 0 Å². The Morgan fingerprint density at radius 1 is 1.33 bits per heavy atom. The Balaban J connectivity index is 2.47. The summed E-state index contributed by atoms with van der Waals surface area (Å²) in [5.74, 6) is 0.186. The summed E-state index contributed by atoms with van der Waals surface area (Å²) >= 11 is 0. The fourth-order valence-electron chi connectivity index (χ4n) is 3.20. The molecule has 3 atom stereocenters. The molecule has 1 aliphatic rings. The van der Waals surface area contributed by atoms with Gasteiger partial charge in [-0.1, -0.05) is 74.8 Å². The van der Waals surface area contributed by atoms with Gasteiger partial charge in [0.05, 0.1) is 6.10 Å². The van der Waals surface area contributed by atoms with E-state index < -0.39 is 6.10 Å². The number of cyclic esters (lactones) is 1. The number of aliphatic hydroxyl groups is 1. The van der Waals surface area contributed by atoms with Crippen LogP contribution >= 0.6 is 0 Å². The second kappa shape index (κ2) is 14.7. The molecule has 0 spiro atoms. The van der Waals surface area contributed by atoms with Crippen molar-refractivity contribution in [3.8, 4) is 0 Å². The van der Waals surface area contributed by atoms with Crippen molar-refractivity contribution in [3.63, 3.8) is 0 Å². The number of carbonyl (C=O) groups is 2. The van der Waals surface area contributed by atoms with E-state index in [9.17, 15) is 14.7 Å². The van der Waals surface area contributed by atoms with Crippen LogP contribution in [0.3, 0.4) is 0 Å². The summed E-state index contributed by atoms with van der Waals surface area (Å²) in [7, 11) is 0. The van der Waals surface area contributed by atoms with Gasteiger partial charge < -0.3 is 9.84 Å². The molecule has 30 heavy (non-hydrogen) atoms. The summed E-state index contributed by atoms with van der Waals surface area (Å²) in [6.07, 6.45) is 19.7. The number of ketones is 1. The average Bonchev–Trinajstić information content (AvgIpc) is 2.69. The molecule has 166 valence electrons. The number of aliphatic hydroxyl groups excluding tert-OH is 1. The van der Waals surface area contributed by atoms with Crippen LogP contribution in [0, 0.1) is 5.92 Å². The van der Waals surface area contributed by atoms with Gasteiger partial charge in [-0.2, -0.15) is 0 Å². The third kappa shape index (κ3) is 11.7. The molecule has 0 amide bonds. The Morgan fingerprint density at radius 3 is 2.77 bits per heavy atom. The molecule has 0 bridgehead atoms. The first-order chi connectivity index (χ1) is 14.3. The molecule has 0 fully saturated rings. The monoisotopic (exact) mass is 414 g/mol. The lowest BCUT2D eigenvalue weighted by Crippen LogP contribution is -2.17. The number of esters is 1. The number of ether oxygens (including phenoxy) is 1. The number of hydrogen-bond donors (Lipinski definition) is 1. The SMILES string of the molecule is CCC[C@@H](O)CC(=O)C/C=C(C)/C=C/CC(C)/C=C(\C=C\C1CC=CC(=O)O1)CC. The largest absolute Gasteiger partial charge is 0.455 e. The Labute approximate surface area is 182 Å². The lowest BCUT2D eigenvalue weighted by molar-refractivity contribution is -0.141. The van der Waals surface area contributed by atoms with E-state index in [1.807, 2.05) is 32.1 Å². The molecular weight excluding hydrogens is 376 g/mol. The molecule has 0 aromatic rings. The van der Waals surface area contributed by atoms with E-state index in [0.717, 1.165) is 31.3 Å². The molecule has 1 aliphatic heterocycles. The van der Waals surface area contributed by atoms with Crippen molar-refractivity contribution in [2.24, 2.45) is 5.92 Å². The van der Waals surface area contributed by atoms with Crippen molar-refractivity contribution >= 4 is 11.8 Å². The van der Waals surface area contributed by atoms with Gasteiger partial charge in [-0.05, 0) is 38.2 Å². The quantitative estimate of drug-likeness (QED) is 0.306. The van der Waals surface area contributed by atoms with Gasteiger partial charge in [0, 0.05) is 25.3 Å². The molecule has 0 aliphatic carbocycles. The minimum absolute atomic E-state index is 0.0820. The van der Waals surface area contributed by atoms with E-state index in [4.69, 9.17) is 4.74 Å². The Kier molecular flexibility index (Phi) is 12.7. The smallest absolute Gasteiger partial charge is 0.331 e. The van der Waals surface area contributed by atoms with Crippen molar-refractivity contribution in [2.75, 3.05) is 0 Å². The maximum atomic E-state index is 11.9. The number of allylic oxidation sites excluding steroid dienone is 7. The second-order valence-corrected chi connectivity index (χ2v) is 8.02. The average molecular weight is 415 g/mol. The molecule has 0 saturated carbocycles. The van der Waals surface area contributed by atoms with Crippen molar-refractivity contribution in [1.82, 2.24) is 0 Å². The third-order valence-corrected chi connectivity index (χ3v) is 4.95. The molecule has 1 heterocycles. The van der Waals surface area contributed by atoms with Crippen LogP contribution in [0.25, 0.3) is 0 Å². The van der Waals surface area contributed by atoms with Gasteiger partial charge in [0.15, 0.2) is 0 Å². The van der Waals surface area contributed by atoms with E-state index in [0.29, 0.717) is 18.8 Å². The van der Waals surface area contributed by atoms with Gasteiger partial charge in [0.25, 0.3) is 0 Å². The van der Waals surface area contributed by atoms with Gasteiger partial charge >= 0.3 is 5.97 Å². The molecular formula is C26H38O4. The molecule has 1 rings (SSSR count). The predicted molar refractivity (Wildman–Crippen MR) is 123 cm³/mol. The minimum Gasteiger partial charge on any atom is -0.455 e. The Hall–Kier alpha value is -2.20. The standard InChI is InChI=1S/C26H38O4/c1-5-9-23(27)19-24(28)16-14-20(3)10-7-11-21(4)18-22(6-2)15-17-25-12-8-13-26(29)30-25/h7-8,10,13-15,17-18,21,23,25,27H,5-6,9,11-12,16,19H2,1-4H3/b10-7+,17-15+,20-14+,22-18-/t21?,23-,25?/m1/s1. The van der Waals surface area contributed by atoms with E-state index in [2.05, 4.69) is 38.2 Å². The third-order valence-electron chi connectivity index (χ3n) is 4.95. The van der Waals surface area contributed by atoms with Gasteiger partial charge in [0.2, 0.25) is 0 Å².